The van der Waals surface area contributed by atoms with Gasteiger partial charge in [0.15, 0.2) is 11.9 Å². The minimum atomic E-state index is -1.19. The molecule has 9 nitrogen and oxygen atoms in total. The molecule has 9 heteroatoms. The van der Waals surface area contributed by atoms with Gasteiger partial charge in [-0.05, 0) is 39.8 Å². The number of rotatable bonds is 5. The van der Waals surface area contributed by atoms with Gasteiger partial charge in [-0.2, -0.15) is 0 Å². The average Bonchev–Trinajstić information content (AvgIpc) is 2.96. The molecule has 0 aliphatic heterocycles. The van der Waals surface area contributed by atoms with Gasteiger partial charge in [-0.1, -0.05) is 0 Å². The maximum atomic E-state index is 11.7. The van der Waals surface area contributed by atoms with Gasteiger partial charge in [0.1, 0.15) is 6.54 Å². The number of imide groups is 1. The molecule has 0 spiro atoms. The molecule has 1 aromatic rings. The molecule has 132 valence electrons. The van der Waals surface area contributed by atoms with Crippen LogP contribution in [-0.2, 0) is 14.3 Å². The number of furan rings is 1. The highest BCUT2D eigenvalue weighted by Gasteiger charge is 2.22. The molecule has 1 rings (SSSR count). The third kappa shape index (κ3) is 6.95. The first-order valence-electron chi connectivity index (χ1n) is 7.22. The molecule has 1 aromatic heterocycles. The second kappa shape index (κ2) is 8.14. The fourth-order valence-electron chi connectivity index (χ4n) is 1.53. The van der Waals surface area contributed by atoms with Crippen molar-refractivity contribution in [2.75, 3.05) is 6.54 Å². The third-order valence-electron chi connectivity index (χ3n) is 2.54. The number of hydrogen-bond acceptors (Lipinski definition) is 6. The zero-order valence-corrected chi connectivity index (χ0v) is 14.0. The summed E-state index contributed by atoms with van der Waals surface area (Å²) in [7, 11) is 0. The fourth-order valence-corrected chi connectivity index (χ4v) is 1.53. The van der Waals surface area contributed by atoms with E-state index in [9.17, 15) is 19.2 Å². The lowest BCUT2D eigenvalue weighted by Crippen LogP contribution is -2.50. The number of carbonyl (C=O) groups is 4. The summed E-state index contributed by atoms with van der Waals surface area (Å²) in [6.07, 6.45) is 0.131. The van der Waals surface area contributed by atoms with Gasteiger partial charge >= 0.3 is 12.0 Å². The summed E-state index contributed by atoms with van der Waals surface area (Å²) in [6.45, 7) is 6.13. The zero-order valence-electron chi connectivity index (χ0n) is 14.0. The normalized spacial score (nSPS) is 12.0. The number of ether oxygens (including phenoxy) is 1. The van der Waals surface area contributed by atoms with Crippen LogP contribution in [-0.4, -0.2) is 42.0 Å². The first kappa shape index (κ1) is 19.2. The van der Waals surface area contributed by atoms with Crippen molar-refractivity contribution in [3.8, 4) is 0 Å². The van der Waals surface area contributed by atoms with Crippen LogP contribution in [0.15, 0.2) is 22.8 Å². The van der Waals surface area contributed by atoms with E-state index in [1.54, 1.807) is 20.8 Å². The van der Waals surface area contributed by atoms with E-state index >= 15 is 0 Å². The van der Waals surface area contributed by atoms with Crippen molar-refractivity contribution in [3.63, 3.8) is 0 Å². The quantitative estimate of drug-likeness (QED) is 0.673. The van der Waals surface area contributed by atoms with Crippen molar-refractivity contribution >= 4 is 23.8 Å². The summed E-state index contributed by atoms with van der Waals surface area (Å²) in [5.74, 6) is -2.14. The summed E-state index contributed by atoms with van der Waals surface area (Å²) in [6, 6.07) is 2.27. The first-order chi connectivity index (χ1) is 11.1. The Hall–Kier alpha value is -2.84. The van der Waals surface area contributed by atoms with Crippen LogP contribution in [0.4, 0.5) is 4.79 Å². The predicted molar refractivity (Wildman–Crippen MR) is 83.0 cm³/mol. The fraction of sp³-hybridized carbons (Fsp3) is 0.467. The molecule has 0 aromatic carbocycles. The number of urea groups is 1. The third-order valence-corrected chi connectivity index (χ3v) is 2.54. The van der Waals surface area contributed by atoms with E-state index in [1.165, 1.54) is 25.3 Å². The molecule has 0 bridgehead atoms. The van der Waals surface area contributed by atoms with Crippen LogP contribution >= 0.6 is 0 Å². The number of esters is 1. The molecule has 1 unspecified atom stereocenters. The Balaban J connectivity index is 2.36. The largest absolute Gasteiger partial charge is 0.459 e. The van der Waals surface area contributed by atoms with Crippen molar-refractivity contribution in [2.45, 2.75) is 39.3 Å². The lowest BCUT2D eigenvalue weighted by Gasteiger charge is -2.21. The Bertz CT molecular complexity index is 603. The van der Waals surface area contributed by atoms with Gasteiger partial charge in [0.05, 0.1) is 6.26 Å². The molecule has 0 aliphatic rings. The molecule has 0 saturated heterocycles. The van der Waals surface area contributed by atoms with Crippen LogP contribution in [0.1, 0.15) is 38.2 Å². The Kier molecular flexibility index (Phi) is 6.51. The number of carbonyl (C=O) groups excluding carboxylic acids is 4. The minimum absolute atomic E-state index is 0.0486. The monoisotopic (exact) mass is 339 g/mol. The van der Waals surface area contributed by atoms with Crippen molar-refractivity contribution in [1.29, 1.82) is 0 Å². The van der Waals surface area contributed by atoms with Crippen molar-refractivity contribution in [2.24, 2.45) is 0 Å². The smallest absolute Gasteiger partial charge is 0.326 e. The highest BCUT2D eigenvalue weighted by molar-refractivity contribution is 5.97. The van der Waals surface area contributed by atoms with E-state index in [2.05, 4.69) is 16.0 Å². The maximum Gasteiger partial charge on any atom is 0.326 e. The van der Waals surface area contributed by atoms with Gasteiger partial charge in [-0.3, -0.25) is 19.7 Å². The molecule has 0 radical (unpaired) electrons. The van der Waals surface area contributed by atoms with Crippen molar-refractivity contribution in [3.05, 3.63) is 24.2 Å². The lowest BCUT2D eigenvalue weighted by molar-refractivity contribution is -0.153. The van der Waals surface area contributed by atoms with Crippen molar-refractivity contribution < 1.29 is 28.3 Å². The molecule has 4 amide bonds. The topological polar surface area (TPSA) is 127 Å². The summed E-state index contributed by atoms with van der Waals surface area (Å²) < 4.78 is 9.69. The van der Waals surface area contributed by atoms with Gasteiger partial charge < -0.3 is 19.8 Å². The molecule has 3 N–H and O–H groups in total. The highest BCUT2D eigenvalue weighted by atomic mass is 16.5. The van der Waals surface area contributed by atoms with Gasteiger partial charge in [0.25, 0.3) is 11.8 Å². The SMILES string of the molecule is CC(OC(=O)CNC(=O)c1ccco1)C(=O)NC(=O)NC(C)(C)C. The summed E-state index contributed by atoms with van der Waals surface area (Å²) >= 11 is 0. The van der Waals surface area contributed by atoms with E-state index in [1.807, 2.05) is 0 Å². The molecule has 0 fully saturated rings. The lowest BCUT2D eigenvalue weighted by atomic mass is 10.1. The molecule has 0 saturated carbocycles. The molecule has 24 heavy (non-hydrogen) atoms. The van der Waals surface area contributed by atoms with Crippen LogP contribution < -0.4 is 16.0 Å². The van der Waals surface area contributed by atoms with E-state index in [0.717, 1.165) is 0 Å². The summed E-state index contributed by atoms with van der Waals surface area (Å²) in [5, 5.41) is 6.88. The Morgan fingerprint density at radius 3 is 2.46 bits per heavy atom. The minimum Gasteiger partial charge on any atom is -0.459 e. The van der Waals surface area contributed by atoms with Crippen LogP contribution in [0.25, 0.3) is 0 Å². The zero-order chi connectivity index (χ0) is 18.3. The highest BCUT2D eigenvalue weighted by Crippen LogP contribution is 2.00. The van der Waals surface area contributed by atoms with Crippen LogP contribution in [0, 0.1) is 0 Å². The number of amides is 4. The molecular formula is C15H21N3O6. The van der Waals surface area contributed by atoms with Gasteiger partial charge in [0.2, 0.25) is 0 Å². The standard InChI is InChI=1S/C15H21N3O6/c1-9(12(20)17-14(22)18-15(2,3)4)24-11(19)8-16-13(21)10-6-5-7-23-10/h5-7,9H,8H2,1-4H3,(H,16,21)(H2,17,18,20,22). The molecule has 0 aliphatic carbocycles. The first-order valence-corrected chi connectivity index (χ1v) is 7.22. The second-order valence-corrected chi connectivity index (χ2v) is 5.99. The Labute approximate surface area is 139 Å². The number of hydrogen-bond donors (Lipinski definition) is 3. The maximum absolute atomic E-state index is 11.7. The van der Waals surface area contributed by atoms with E-state index in [-0.39, 0.29) is 5.76 Å². The van der Waals surface area contributed by atoms with Crippen molar-refractivity contribution in [1.82, 2.24) is 16.0 Å². The second-order valence-electron chi connectivity index (χ2n) is 5.99. The summed E-state index contributed by atoms with van der Waals surface area (Å²) in [5.41, 5.74) is -0.513. The van der Waals surface area contributed by atoms with E-state index < -0.39 is 42.0 Å². The molecule has 1 atom stereocenters. The number of nitrogens with one attached hydrogen (secondary N) is 3. The van der Waals surface area contributed by atoms with Gasteiger partial charge in [0, 0.05) is 5.54 Å². The Morgan fingerprint density at radius 2 is 1.92 bits per heavy atom. The van der Waals surface area contributed by atoms with Crippen LogP contribution in [0.2, 0.25) is 0 Å². The molecular weight excluding hydrogens is 318 g/mol. The van der Waals surface area contributed by atoms with Gasteiger partial charge in [-0.25, -0.2) is 4.79 Å². The van der Waals surface area contributed by atoms with Crippen LogP contribution in [0.5, 0.6) is 0 Å². The average molecular weight is 339 g/mol. The Morgan fingerprint density at radius 1 is 1.25 bits per heavy atom. The van der Waals surface area contributed by atoms with Gasteiger partial charge in [-0.15, -0.1) is 0 Å². The summed E-state index contributed by atoms with van der Waals surface area (Å²) in [4.78, 5) is 46.5. The van der Waals surface area contributed by atoms with E-state index in [4.69, 9.17) is 9.15 Å². The predicted octanol–water partition coefficient (Wildman–Crippen LogP) is 0.565. The van der Waals surface area contributed by atoms with Crippen LogP contribution in [0.3, 0.4) is 0 Å². The molecule has 1 heterocycles. The van der Waals surface area contributed by atoms with E-state index in [0.29, 0.717) is 0 Å².